The van der Waals surface area contributed by atoms with Gasteiger partial charge in [-0.3, -0.25) is 4.79 Å². The van der Waals surface area contributed by atoms with Gasteiger partial charge in [0.15, 0.2) is 6.29 Å². The summed E-state index contributed by atoms with van der Waals surface area (Å²) in [6.07, 6.45) is 0.527. The lowest BCUT2D eigenvalue weighted by Crippen LogP contribution is -1.77. The first kappa shape index (κ1) is 8.04. The lowest BCUT2D eigenvalue weighted by atomic mass is 10.1. The highest BCUT2D eigenvalue weighted by atomic mass is 16.1. The van der Waals surface area contributed by atoms with Gasteiger partial charge in [0.05, 0.1) is 11.6 Å². The third kappa shape index (κ3) is 1.97. The molecule has 0 unspecified atom stereocenters. The van der Waals surface area contributed by atoms with E-state index in [9.17, 15) is 4.79 Å². The number of nitriles is 1. The van der Waals surface area contributed by atoms with E-state index in [1.165, 1.54) is 0 Å². The van der Waals surface area contributed by atoms with Crippen LogP contribution in [0.15, 0.2) is 24.3 Å². The van der Waals surface area contributed by atoms with Crippen LogP contribution in [-0.4, -0.2) is 6.29 Å². The van der Waals surface area contributed by atoms with Crippen molar-refractivity contribution in [3.63, 3.8) is 0 Å². The van der Waals surface area contributed by atoms with Gasteiger partial charge in [0.2, 0.25) is 0 Å². The van der Waals surface area contributed by atoms with Crippen LogP contribution >= 0.6 is 0 Å². The zero-order valence-electron chi connectivity index (χ0n) is 6.24. The van der Waals surface area contributed by atoms with Crippen molar-refractivity contribution in [2.45, 2.75) is 0 Å². The predicted octanol–water partition coefficient (Wildman–Crippen LogP) is 1.11. The van der Waals surface area contributed by atoms with Gasteiger partial charge >= 0.3 is 0 Å². The second-order valence-corrected chi connectivity index (χ2v) is 2.08. The summed E-state index contributed by atoms with van der Waals surface area (Å²) in [5.74, 6) is 4.88. The highest BCUT2D eigenvalue weighted by Crippen LogP contribution is 2.01. The molecule has 2 nitrogen and oxygen atoms in total. The molecule has 0 aromatic heterocycles. The van der Waals surface area contributed by atoms with Crippen LogP contribution < -0.4 is 0 Å². The summed E-state index contributed by atoms with van der Waals surface area (Å²) in [5.41, 5.74) is 1.23. The SMILES string of the molecule is N#Cc1cccc(C#CC=O)c1. The van der Waals surface area contributed by atoms with E-state index in [-0.39, 0.29) is 0 Å². The summed E-state index contributed by atoms with van der Waals surface area (Å²) in [4.78, 5) is 9.89. The molecule has 0 N–H and O–H groups in total. The van der Waals surface area contributed by atoms with Gasteiger partial charge in [-0.2, -0.15) is 5.26 Å². The molecule has 0 bridgehead atoms. The molecule has 12 heavy (non-hydrogen) atoms. The molecule has 0 amide bonds. The zero-order chi connectivity index (χ0) is 8.81. The lowest BCUT2D eigenvalue weighted by molar-refractivity contribution is -0.103. The van der Waals surface area contributed by atoms with Crippen LogP contribution in [0.2, 0.25) is 0 Å². The number of hydrogen-bond donors (Lipinski definition) is 0. The van der Waals surface area contributed by atoms with Crippen molar-refractivity contribution in [1.82, 2.24) is 0 Å². The van der Waals surface area contributed by atoms with Crippen LogP contribution in [0.3, 0.4) is 0 Å². The summed E-state index contributed by atoms with van der Waals surface area (Å²) in [6, 6.07) is 8.79. The third-order valence-electron chi connectivity index (χ3n) is 1.27. The Morgan fingerprint density at radius 2 is 2.08 bits per heavy atom. The van der Waals surface area contributed by atoms with Gasteiger partial charge < -0.3 is 0 Å². The van der Waals surface area contributed by atoms with Crippen LogP contribution in [0.1, 0.15) is 11.1 Å². The molecule has 0 radical (unpaired) electrons. The molecule has 1 rings (SSSR count). The second-order valence-electron chi connectivity index (χ2n) is 2.08. The van der Waals surface area contributed by atoms with E-state index >= 15 is 0 Å². The van der Waals surface area contributed by atoms with Crippen molar-refractivity contribution >= 4 is 6.29 Å². The van der Waals surface area contributed by atoms with Gasteiger partial charge in [0.25, 0.3) is 0 Å². The molecule has 0 aliphatic heterocycles. The summed E-state index contributed by atoms with van der Waals surface area (Å²) >= 11 is 0. The fraction of sp³-hybridized carbons (Fsp3) is 0. The Morgan fingerprint density at radius 1 is 1.33 bits per heavy atom. The number of benzene rings is 1. The lowest BCUT2D eigenvalue weighted by Gasteiger charge is -1.88. The Balaban J connectivity index is 3.03. The van der Waals surface area contributed by atoms with Crippen molar-refractivity contribution in [2.75, 3.05) is 0 Å². The van der Waals surface area contributed by atoms with Crippen molar-refractivity contribution in [3.8, 4) is 17.9 Å². The molecule has 0 saturated carbocycles. The number of rotatable bonds is 0. The van der Waals surface area contributed by atoms with Crippen LogP contribution in [-0.2, 0) is 4.79 Å². The fourth-order valence-corrected chi connectivity index (χ4v) is 0.779. The molecule has 56 valence electrons. The highest BCUT2D eigenvalue weighted by molar-refractivity contribution is 5.74. The fourth-order valence-electron chi connectivity index (χ4n) is 0.779. The number of nitrogens with zero attached hydrogens (tertiary/aromatic N) is 1. The quantitative estimate of drug-likeness (QED) is 0.416. The average molecular weight is 155 g/mol. The maximum atomic E-state index is 9.89. The van der Waals surface area contributed by atoms with Gasteiger partial charge in [0, 0.05) is 5.56 Å². The molecule has 0 saturated heterocycles. The maximum Gasteiger partial charge on any atom is 0.193 e. The van der Waals surface area contributed by atoms with Gasteiger partial charge in [-0.15, -0.1) is 0 Å². The van der Waals surface area contributed by atoms with Crippen LogP contribution in [0.4, 0.5) is 0 Å². The molecule has 0 atom stereocenters. The minimum Gasteiger partial charge on any atom is -0.289 e. The average Bonchev–Trinajstić information content (AvgIpc) is 2.15. The van der Waals surface area contributed by atoms with Gasteiger partial charge in [0.1, 0.15) is 0 Å². The number of carbonyl (C=O) groups excluding carboxylic acids is 1. The van der Waals surface area contributed by atoms with E-state index in [0.717, 1.165) is 0 Å². The first-order valence-electron chi connectivity index (χ1n) is 3.32. The Kier molecular flexibility index (Phi) is 2.65. The van der Waals surface area contributed by atoms with E-state index in [2.05, 4.69) is 11.8 Å². The van der Waals surface area contributed by atoms with Crippen molar-refractivity contribution in [3.05, 3.63) is 35.4 Å². The smallest absolute Gasteiger partial charge is 0.193 e. The van der Waals surface area contributed by atoms with Gasteiger partial charge in [-0.05, 0) is 24.1 Å². The van der Waals surface area contributed by atoms with Gasteiger partial charge in [-0.25, -0.2) is 0 Å². The Morgan fingerprint density at radius 3 is 2.75 bits per heavy atom. The molecule has 2 heteroatoms. The first-order chi connectivity index (χ1) is 5.86. The molecule has 0 spiro atoms. The van der Waals surface area contributed by atoms with Crippen LogP contribution in [0.25, 0.3) is 0 Å². The molecule has 0 heterocycles. The van der Waals surface area contributed by atoms with E-state index in [0.29, 0.717) is 17.4 Å². The second kappa shape index (κ2) is 3.95. The molecular formula is C10H5NO. The van der Waals surface area contributed by atoms with Crippen LogP contribution in [0, 0.1) is 23.2 Å². The third-order valence-corrected chi connectivity index (χ3v) is 1.27. The summed E-state index contributed by atoms with van der Waals surface area (Å²) in [6.45, 7) is 0. The molecule has 0 aliphatic carbocycles. The standard InChI is InChI=1S/C10H5NO/c11-8-10-4-1-3-9(7-10)5-2-6-12/h1,3-4,6-7H. The normalized spacial score (nSPS) is 7.58. The van der Waals surface area contributed by atoms with E-state index in [1.54, 1.807) is 24.3 Å². The van der Waals surface area contributed by atoms with Crippen molar-refractivity contribution < 1.29 is 4.79 Å². The monoisotopic (exact) mass is 155 g/mol. The zero-order valence-corrected chi connectivity index (χ0v) is 6.24. The van der Waals surface area contributed by atoms with E-state index in [1.807, 2.05) is 6.07 Å². The number of hydrogen-bond acceptors (Lipinski definition) is 2. The van der Waals surface area contributed by atoms with E-state index in [4.69, 9.17) is 5.26 Å². The first-order valence-corrected chi connectivity index (χ1v) is 3.32. The Hall–Kier alpha value is -2.06. The molecule has 1 aromatic carbocycles. The Labute approximate surface area is 70.4 Å². The molecular weight excluding hydrogens is 150 g/mol. The highest BCUT2D eigenvalue weighted by Gasteiger charge is 1.89. The molecule has 0 aliphatic rings. The van der Waals surface area contributed by atoms with Crippen molar-refractivity contribution in [1.29, 1.82) is 5.26 Å². The summed E-state index contributed by atoms with van der Waals surface area (Å²) in [5, 5.41) is 8.52. The van der Waals surface area contributed by atoms with Gasteiger partial charge in [-0.1, -0.05) is 12.0 Å². The van der Waals surface area contributed by atoms with E-state index < -0.39 is 0 Å². The molecule has 1 aromatic rings. The van der Waals surface area contributed by atoms with Crippen LogP contribution in [0.5, 0.6) is 0 Å². The Bertz CT molecular complexity index is 390. The largest absolute Gasteiger partial charge is 0.289 e. The minimum atomic E-state index is 0.527. The number of aldehydes is 1. The minimum absolute atomic E-state index is 0.527. The summed E-state index contributed by atoms with van der Waals surface area (Å²) < 4.78 is 0. The number of carbonyl (C=O) groups is 1. The topological polar surface area (TPSA) is 40.9 Å². The maximum absolute atomic E-state index is 9.89. The molecule has 0 fully saturated rings. The predicted molar refractivity (Wildman–Crippen MR) is 44.1 cm³/mol. The van der Waals surface area contributed by atoms with Crippen molar-refractivity contribution in [2.24, 2.45) is 0 Å². The summed E-state index contributed by atoms with van der Waals surface area (Å²) in [7, 11) is 0.